The maximum Gasteiger partial charge on any atom is 0.309 e. The third-order valence-corrected chi connectivity index (χ3v) is 2.95. The smallest absolute Gasteiger partial charge is 0.309 e. The highest BCUT2D eigenvalue weighted by molar-refractivity contribution is 5.75. The van der Waals surface area contributed by atoms with Gasteiger partial charge in [0.1, 0.15) is 0 Å². The molecule has 0 spiro atoms. The van der Waals surface area contributed by atoms with Crippen molar-refractivity contribution >= 4 is 5.97 Å². The van der Waals surface area contributed by atoms with Gasteiger partial charge in [-0.25, -0.2) is 0 Å². The van der Waals surface area contributed by atoms with Crippen molar-refractivity contribution in [2.24, 2.45) is 11.3 Å². The van der Waals surface area contributed by atoms with Crippen molar-refractivity contribution in [1.82, 2.24) is 0 Å². The van der Waals surface area contributed by atoms with E-state index in [1.54, 1.807) is 0 Å². The first kappa shape index (κ1) is 9.30. The van der Waals surface area contributed by atoms with Crippen molar-refractivity contribution in [3.8, 4) is 0 Å². The molecule has 2 heteroatoms. The molecule has 0 aliphatic heterocycles. The lowest BCUT2D eigenvalue weighted by Crippen LogP contribution is -2.36. The number of carboxylic acid groups (broad SMARTS) is 1. The molecule has 0 heterocycles. The highest BCUT2D eigenvalue weighted by Crippen LogP contribution is 2.39. The van der Waals surface area contributed by atoms with Crippen molar-refractivity contribution < 1.29 is 9.90 Å². The molecule has 0 unspecified atom stereocenters. The van der Waals surface area contributed by atoms with Gasteiger partial charge in [0.25, 0.3) is 0 Å². The van der Waals surface area contributed by atoms with Crippen LogP contribution in [0, 0.1) is 11.3 Å². The van der Waals surface area contributed by atoms with Gasteiger partial charge in [-0.05, 0) is 32.1 Å². The monoisotopic (exact) mass is 168 g/mol. The molecule has 0 amide bonds. The Morgan fingerprint density at radius 1 is 1.75 bits per heavy atom. The molecule has 0 radical (unpaired) electrons. The van der Waals surface area contributed by atoms with E-state index in [0.717, 1.165) is 19.3 Å². The van der Waals surface area contributed by atoms with E-state index in [0.29, 0.717) is 0 Å². The van der Waals surface area contributed by atoms with Gasteiger partial charge in [-0.15, -0.1) is 0 Å². The molecule has 0 fully saturated rings. The van der Waals surface area contributed by atoms with Crippen LogP contribution in [-0.4, -0.2) is 11.1 Å². The van der Waals surface area contributed by atoms with Crippen LogP contribution in [-0.2, 0) is 4.79 Å². The average molecular weight is 168 g/mol. The molecular formula is C10H16O2. The lowest BCUT2D eigenvalue weighted by Gasteiger charge is -2.33. The van der Waals surface area contributed by atoms with Crippen LogP contribution < -0.4 is 0 Å². The highest BCUT2D eigenvalue weighted by atomic mass is 16.4. The third kappa shape index (κ3) is 1.38. The number of allylic oxidation sites excluding steroid dienone is 2. The zero-order valence-corrected chi connectivity index (χ0v) is 7.71. The highest BCUT2D eigenvalue weighted by Gasteiger charge is 2.39. The Bertz CT molecular complexity index is 208. The molecule has 0 aromatic carbocycles. The Labute approximate surface area is 73.3 Å². The molecular weight excluding hydrogens is 152 g/mol. The number of aliphatic carboxylic acids is 1. The van der Waals surface area contributed by atoms with Crippen LogP contribution in [0.25, 0.3) is 0 Å². The van der Waals surface area contributed by atoms with Crippen molar-refractivity contribution in [1.29, 1.82) is 0 Å². The van der Waals surface area contributed by atoms with E-state index in [2.05, 4.69) is 12.2 Å². The molecule has 0 saturated heterocycles. The van der Waals surface area contributed by atoms with E-state index in [1.165, 1.54) is 0 Å². The first-order chi connectivity index (χ1) is 5.61. The topological polar surface area (TPSA) is 37.3 Å². The van der Waals surface area contributed by atoms with E-state index < -0.39 is 11.4 Å². The summed E-state index contributed by atoms with van der Waals surface area (Å²) in [5.74, 6) is -0.442. The summed E-state index contributed by atoms with van der Waals surface area (Å²) in [6.45, 7) is 3.90. The van der Waals surface area contributed by atoms with Crippen LogP contribution in [0.3, 0.4) is 0 Å². The minimum atomic E-state index is -0.654. The van der Waals surface area contributed by atoms with Crippen LogP contribution in [0.15, 0.2) is 12.2 Å². The summed E-state index contributed by atoms with van der Waals surface area (Å²) < 4.78 is 0. The Morgan fingerprint density at radius 3 is 2.83 bits per heavy atom. The molecule has 1 aliphatic carbocycles. The number of hydrogen-bond acceptors (Lipinski definition) is 1. The van der Waals surface area contributed by atoms with Gasteiger partial charge in [-0.2, -0.15) is 0 Å². The minimum Gasteiger partial charge on any atom is -0.481 e. The molecule has 12 heavy (non-hydrogen) atoms. The quantitative estimate of drug-likeness (QED) is 0.643. The van der Waals surface area contributed by atoms with Crippen molar-refractivity contribution in [2.45, 2.75) is 33.1 Å². The molecule has 68 valence electrons. The molecule has 0 saturated carbocycles. The third-order valence-electron chi connectivity index (χ3n) is 2.95. The summed E-state index contributed by atoms with van der Waals surface area (Å²) in [6.07, 6.45) is 6.74. The zero-order valence-electron chi connectivity index (χ0n) is 7.71. The minimum absolute atomic E-state index is 0.212. The summed E-state index contributed by atoms with van der Waals surface area (Å²) in [4.78, 5) is 11.0. The Kier molecular flexibility index (Phi) is 2.55. The number of rotatable bonds is 2. The molecule has 2 nitrogen and oxygen atoms in total. The Morgan fingerprint density at radius 2 is 2.42 bits per heavy atom. The molecule has 0 aromatic rings. The van der Waals surface area contributed by atoms with E-state index in [1.807, 2.05) is 13.8 Å². The van der Waals surface area contributed by atoms with E-state index in [9.17, 15) is 4.79 Å². The Hall–Kier alpha value is -0.790. The largest absolute Gasteiger partial charge is 0.481 e. The van der Waals surface area contributed by atoms with Gasteiger partial charge in [-0.1, -0.05) is 19.1 Å². The summed E-state index contributed by atoms with van der Waals surface area (Å²) in [5, 5.41) is 9.07. The zero-order chi connectivity index (χ0) is 9.19. The second-order valence-corrected chi connectivity index (χ2v) is 3.70. The molecule has 0 bridgehead atoms. The normalized spacial score (nSPS) is 35.0. The molecule has 2 atom stereocenters. The van der Waals surface area contributed by atoms with Gasteiger partial charge in [0.2, 0.25) is 0 Å². The van der Waals surface area contributed by atoms with Crippen LogP contribution >= 0.6 is 0 Å². The molecule has 1 aliphatic rings. The van der Waals surface area contributed by atoms with E-state index in [-0.39, 0.29) is 5.92 Å². The van der Waals surface area contributed by atoms with E-state index in [4.69, 9.17) is 5.11 Å². The first-order valence-electron chi connectivity index (χ1n) is 4.51. The van der Waals surface area contributed by atoms with Gasteiger partial charge in [0.15, 0.2) is 0 Å². The van der Waals surface area contributed by atoms with Gasteiger partial charge < -0.3 is 5.11 Å². The summed E-state index contributed by atoms with van der Waals surface area (Å²) in [5.41, 5.74) is -0.524. The summed E-state index contributed by atoms with van der Waals surface area (Å²) in [6, 6.07) is 0. The lowest BCUT2D eigenvalue weighted by atomic mass is 9.70. The predicted octanol–water partition coefficient (Wildman–Crippen LogP) is 2.45. The second kappa shape index (κ2) is 3.30. The van der Waals surface area contributed by atoms with Crippen LogP contribution in [0.4, 0.5) is 0 Å². The summed E-state index contributed by atoms with van der Waals surface area (Å²) in [7, 11) is 0. The van der Waals surface area contributed by atoms with Crippen molar-refractivity contribution in [2.75, 3.05) is 0 Å². The van der Waals surface area contributed by atoms with E-state index >= 15 is 0 Å². The maximum absolute atomic E-state index is 11.0. The first-order valence-corrected chi connectivity index (χ1v) is 4.51. The van der Waals surface area contributed by atoms with Crippen molar-refractivity contribution in [3.63, 3.8) is 0 Å². The number of carbonyl (C=O) groups is 1. The van der Waals surface area contributed by atoms with Gasteiger partial charge in [0, 0.05) is 0 Å². The van der Waals surface area contributed by atoms with Crippen molar-refractivity contribution in [3.05, 3.63) is 12.2 Å². The van der Waals surface area contributed by atoms with Gasteiger partial charge in [-0.3, -0.25) is 4.79 Å². The molecule has 0 aromatic heterocycles. The Balaban J connectivity index is 2.87. The van der Waals surface area contributed by atoms with Crippen LogP contribution in [0.2, 0.25) is 0 Å². The average Bonchev–Trinajstić information content (AvgIpc) is 2.05. The molecule has 1 N–H and O–H groups in total. The number of hydrogen-bond donors (Lipinski definition) is 1. The van der Waals surface area contributed by atoms with Gasteiger partial charge >= 0.3 is 5.97 Å². The predicted molar refractivity (Wildman–Crippen MR) is 47.9 cm³/mol. The SMILES string of the molecule is CC[C@@H]1C=CCC[C@]1(C)C(=O)O. The van der Waals surface area contributed by atoms with Crippen LogP contribution in [0.1, 0.15) is 33.1 Å². The number of carboxylic acids is 1. The standard InChI is InChI=1S/C10H16O2/c1-3-8-6-4-5-7-10(8,2)9(11)12/h4,6,8H,3,5,7H2,1-2H3,(H,11,12)/t8-,10+/m1/s1. The fourth-order valence-corrected chi connectivity index (χ4v) is 1.89. The fraction of sp³-hybridized carbons (Fsp3) is 0.700. The fourth-order valence-electron chi connectivity index (χ4n) is 1.89. The van der Waals surface area contributed by atoms with Gasteiger partial charge in [0.05, 0.1) is 5.41 Å². The lowest BCUT2D eigenvalue weighted by molar-refractivity contribution is -0.151. The second-order valence-electron chi connectivity index (χ2n) is 3.70. The van der Waals surface area contributed by atoms with Crippen LogP contribution in [0.5, 0.6) is 0 Å². The maximum atomic E-state index is 11.0. The molecule has 1 rings (SSSR count). The summed E-state index contributed by atoms with van der Waals surface area (Å²) >= 11 is 0.